The summed E-state index contributed by atoms with van der Waals surface area (Å²) in [5.41, 5.74) is 15.5. The highest BCUT2D eigenvalue weighted by atomic mass is 14.4. The summed E-state index contributed by atoms with van der Waals surface area (Å²) in [6.07, 6.45) is 0. The molecule has 0 bridgehead atoms. The lowest BCUT2D eigenvalue weighted by molar-refractivity contribution is 0.660. The SMILES string of the molecule is CC1(C)c2ccccc2-c2ccc(-c3c4ccccc4c(-c4ccccc4-c4ccc(-c5ccccc5)cc4)c4ccccc34)cc21. The van der Waals surface area contributed by atoms with Gasteiger partial charge in [0.05, 0.1) is 0 Å². The Kier molecular flexibility index (Phi) is 6.27. The lowest BCUT2D eigenvalue weighted by Crippen LogP contribution is -2.14. The first-order valence-corrected chi connectivity index (χ1v) is 16.5. The number of hydrogen-bond donors (Lipinski definition) is 0. The third-order valence-corrected chi connectivity index (χ3v) is 10.3. The zero-order chi connectivity index (χ0) is 31.5. The molecule has 222 valence electrons. The first-order valence-electron chi connectivity index (χ1n) is 16.5. The van der Waals surface area contributed by atoms with Gasteiger partial charge in [-0.2, -0.15) is 0 Å². The largest absolute Gasteiger partial charge is 0.0622 e. The molecule has 0 fully saturated rings. The van der Waals surface area contributed by atoms with Crippen LogP contribution in [0.25, 0.3) is 77.2 Å². The van der Waals surface area contributed by atoms with Gasteiger partial charge >= 0.3 is 0 Å². The van der Waals surface area contributed by atoms with Crippen LogP contribution in [-0.4, -0.2) is 0 Å². The molecule has 8 aromatic rings. The second-order valence-corrected chi connectivity index (χ2v) is 13.3. The van der Waals surface area contributed by atoms with Gasteiger partial charge in [-0.3, -0.25) is 0 Å². The van der Waals surface area contributed by atoms with Crippen molar-refractivity contribution in [2.75, 3.05) is 0 Å². The Morgan fingerprint density at radius 2 is 0.745 bits per heavy atom. The van der Waals surface area contributed by atoms with E-state index < -0.39 is 0 Å². The van der Waals surface area contributed by atoms with E-state index >= 15 is 0 Å². The van der Waals surface area contributed by atoms with E-state index in [2.05, 4.69) is 184 Å². The van der Waals surface area contributed by atoms with Crippen molar-refractivity contribution in [3.8, 4) is 55.6 Å². The Bertz CT molecular complexity index is 2400. The maximum Gasteiger partial charge on any atom is 0.0159 e. The average molecular weight is 599 g/mol. The summed E-state index contributed by atoms with van der Waals surface area (Å²) < 4.78 is 0. The highest BCUT2D eigenvalue weighted by Crippen LogP contribution is 2.51. The Labute approximate surface area is 276 Å². The van der Waals surface area contributed by atoms with Crippen LogP contribution in [0.1, 0.15) is 25.0 Å². The van der Waals surface area contributed by atoms with E-state index in [1.807, 2.05) is 0 Å². The van der Waals surface area contributed by atoms with Crippen LogP contribution in [0.3, 0.4) is 0 Å². The minimum Gasteiger partial charge on any atom is -0.0622 e. The van der Waals surface area contributed by atoms with E-state index in [0.717, 1.165) is 0 Å². The predicted molar refractivity (Wildman–Crippen MR) is 201 cm³/mol. The Hall–Kier alpha value is -5.72. The second-order valence-electron chi connectivity index (χ2n) is 13.3. The van der Waals surface area contributed by atoms with Gasteiger partial charge in [0, 0.05) is 5.41 Å². The smallest absolute Gasteiger partial charge is 0.0159 e. The van der Waals surface area contributed by atoms with Gasteiger partial charge < -0.3 is 0 Å². The maximum absolute atomic E-state index is 2.46. The van der Waals surface area contributed by atoms with Gasteiger partial charge in [0.1, 0.15) is 0 Å². The quantitative estimate of drug-likeness (QED) is 0.177. The van der Waals surface area contributed by atoms with Crippen molar-refractivity contribution in [2.45, 2.75) is 19.3 Å². The molecule has 8 aromatic carbocycles. The van der Waals surface area contributed by atoms with Gasteiger partial charge in [-0.1, -0.05) is 178 Å². The van der Waals surface area contributed by atoms with Crippen molar-refractivity contribution in [2.24, 2.45) is 0 Å². The normalized spacial score (nSPS) is 13.1. The van der Waals surface area contributed by atoms with Crippen LogP contribution in [0.5, 0.6) is 0 Å². The summed E-state index contributed by atoms with van der Waals surface area (Å²) in [6, 6.07) is 62.6. The van der Waals surface area contributed by atoms with Gasteiger partial charge in [-0.25, -0.2) is 0 Å². The fraction of sp³-hybridized carbons (Fsp3) is 0.0638. The molecule has 0 spiro atoms. The van der Waals surface area contributed by atoms with Crippen molar-refractivity contribution < 1.29 is 0 Å². The highest BCUT2D eigenvalue weighted by Gasteiger charge is 2.35. The lowest BCUT2D eigenvalue weighted by Gasteiger charge is -2.23. The first-order chi connectivity index (χ1) is 23.1. The van der Waals surface area contributed by atoms with E-state index in [1.54, 1.807) is 0 Å². The number of benzene rings is 8. The molecular formula is C47H34. The molecule has 47 heavy (non-hydrogen) atoms. The molecule has 0 N–H and O–H groups in total. The molecule has 0 amide bonds. The van der Waals surface area contributed by atoms with Gasteiger partial charge in [-0.15, -0.1) is 0 Å². The highest BCUT2D eigenvalue weighted by molar-refractivity contribution is 6.22. The van der Waals surface area contributed by atoms with Crippen LogP contribution < -0.4 is 0 Å². The topological polar surface area (TPSA) is 0 Å². The van der Waals surface area contributed by atoms with E-state index in [4.69, 9.17) is 0 Å². The minimum atomic E-state index is -0.0531. The molecule has 0 heteroatoms. The van der Waals surface area contributed by atoms with E-state index in [9.17, 15) is 0 Å². The van der Waals surface area contributed by atoms with Gasteiger partial charge in [0.2, 0.25) is 0 Å². The molecule has 0 saturated carbocycles. The zero-order valence-corrected chi connectivity index (χ0v) is 26.7. The van der Waals surface area contributed by atoms with Crippen molar-refractivity contribution in [3.05, 3.63) is 181 Å². The van der Waals surface area contributed by atoms with Crippen molar-refractivity contribution in [3.63, 3.8) is 0 Å². The van der Waals surface area contributed by atoms with Crippen molar-refractivity contribution in [1.82, 2.24) is 0 Å². The fourth-order valence-corrected chi connectivity index (χ4v) is 8.02. The predicted octanol–water partition coefficient (Wildman–Crippen LogP) is 13.0. The monoisotopic (exact) mass is 598 g/mol. The average Bonchev–Trinajstić information content (AvgIpc) is 3.36. The van der Waals surface area contributed by atoms with Crippen LogP contribution in [0, 0.1) is 0 Å². The van der Waals surface area contributed by atoms with Gasteiger partial charge in [0.15, 0.2) is 0 Å². The summed E-state index contributed by atoms with van der Waals surface area (Å²) in [5, 5.41) is 5.11. The standard InChI is InChI=1S/C47H34/c1-47(2)43-23-13-12-17-36(43)37-29-28-34(30-44(37)47)45-39-19-8-10-21-41(39)46(42-22-11-9-20-40(42)45)38-18-7-6-16-35(38)33-26-24-32(25-27-33)31-14-4-3-5-15-31/h3-30H,1-2H3. The summed E-state index contributed by atoms with van der Waals surface area (Å²) in [6.45, 7) is 4.73. The molecule has 0 heterocycles. The summed E-state index contributed by atoms with van der Waals surface area (Å²) >= 11 is 0. The molecule has 0 atom stereocenters. The zero-order valence-electron chi connectivity index (χ0n) is 26.7. The molecule has 0 radical (unpaired) electrons. The van der Waals surface area contributed by atoms with E-state index in [0.29, 0.717) is 0 Å². The van der Waals surface area contributed by atoms with Crippen LogP contribution in [0.15, 0.2) is 170 Å². The lowest BCUT2D eigenvalue weighted by atomic mass is 9.80. The molecule has 9 rings (SSSR count). The van der Waals surface area contributed by atoms with Crippen molar-refractivity contribution in [1.29, 1.82) is 0 Å². The molecule has 1 aliphatic carbocycles. The Balaban J connectivity index is 1.27. The van der Waals surface area contributed by atoms with Crippen LogP contribution >= 0.6 is 0 Å². The molecular weight excluding hydrogens is 565 g/mol. The van der Waals surface area contributed by atoms with Crippen LogP contribution in [0.2, 0.25) is 0 Å². The van der Waals surface area contributed by atoms with E-state index in [-0.39, 0.29) is 5.41 Å². The molecule has 0 saturated heterocycles. The molecule has 1 aliphatic rings. The Morgan fingerprint density at radius 3 is 1.40 bits per heavy atom. The first kappa shape index (κ1) is 27.6. The summed E-state index contributed by atoms with van der Waals surface area (Å²) in [7, 11) is 0. The maximum atomic E-state index is 2.46. The molecule has 0 aromatic heterocycles. The third-order valence-electron chi connectivity index (χ3n) is 10.3. The summed E-state index contributed by atoms with van der Waals surface area (Å²) in [4.78, 5) is 0. The fourth-order valence-electron chi connectivity index (χ4n) is 8.02. The third kappa shape index (κ3) is 4.29. The van der Waals surface area contributed by atoms with E-state index in [1.165, 1.54) is 88.3 Å². The van der Waals surface area contributed by atoms with Gasteiger partial charge in [-0.05, 0) is 94.4 Å². The van der Waals surface area contributed by atoms with Crippen molar-refractivity contribution >= 4 is 21.5 Å². The van der Waals surface area contributed by atoms with Gasteiger partial charge in [0.25, 0.3) is 0 Å². The van der Waals surface area contributed by atoms with Crippen LogP contribution in [-0.2, 0) is 5.41 Å². The number of rotatable bonds is 4. The molecule has 0 unspecified atom stereocenters. The summed E-state index contributed by atoms with van der Waals surface area (Å²) in [5.74, 6) is 0. The number of hydrogen-bond acceptors (Lipinski definition) is 0. The number of fused-ring (bicyclic) bond motifs is 5. The second kappa shape index (κ2) is 10.7. The Morgan fingerprint density at radius 1 is 0.298 bits per heavy atom. The molecule has 0 nitrogen and oxygen atoms in total. The molecule has 0 aliphatic heterocycles. The minimum absolute atomic E-state index is 0.0531. The van der Waals surface area contributed by atoms with Crippen LogP contribution in [0.4, 0.5) is 0 Å².